The van der Waals surface area contributed by atoms with Crippen molar-refractivity contribution in [3.63, 3.8) is 0 Å². The highest BCUT2D eigenvalue weighted by molar-refractivity contribution is 5.80. The molecule has 0 amide bonds. The Morgan fingerprint density at radius 2 is 0.918 bits per heavy atom. The molecule has 6 aromatic carbocycles. The molecule has 2 nitrogen and oxygen atoms in total. The molecule has 0 saturated heterocycles. The van der Waals surface area contributed by atoms with E-state index in [4.69, 9.17) is 9.47 Å². The Bertz CT molecular complexity index is 1880. The average molecular weight is 645 g/mol. The van der Waals surface area contributed by atoms with Gasteiger partial charge in [0.15, 0.2) is 0 Å². The van der Waals surface area contributed by atoms with Crippen molar-refractivity contribution in [3.8, 4) is 22.6 Å². The van der Waals surface area contributed by atoms with E-state index in [0.29, 0.717) is 11.3 Å². The van der Waals surface area contributed by atoms with Crippen LogP contribution in [0, 0.1) is 0 Å². The number of ether oxygens (including phenoxy) is 2. The van der Waals surface area contributed by atoms with Crippen molar-refractivity contribution < 1.29 is 9.47 Å². The Kier molecular flexibility index (Phi) is 10.1. The number of hydrogen-bond acceptors (Lipinski definition) is 2. The van der Waals surface area contributed by atoms with Crippen LogP contribution in [0.4, 0.5) is 0 Å². The SMILES string of the molecule is CC1(C)CC(c2ccccc2)c2ccccc21.CC1(C)c2ccccc2-c2ccccc21.COc1ccc(Cc2ccc(OC)cc2)cc1. The second-order valence-corrected chi connectivity index (χ2v) is 14.2. The van der Waals surface area contributed by atoms with Gasteiger partial charge in [0.1, 0.15) is 11.5 Å². The molecule has 0 spiro atoms. The van der Waals surface area contributed by atoms with Crippen LogP contribution < -0.4 is 9.47 Å². The zero-order valence-corrected chi connectivity index (χ0v) is 29.7. The highest BCUT2D eigenvalue weighted by Gasteiger charge is 2.37. The Balaban J connectivity index is 0.000000128. The predicted molar refractivity (Wildman–Crippen MR) is 205 cm³/mol. The molecular formula is C47H48O2. The topological polar surface area (TPSA) is 18.5 Å². The first-order valence-electron chi connectivity index (χ1n) is 17.3. The lowest BCUT2D eigenvalue weighted by molar-refractivity contribution is 0.414. The summed E-state index contributed by atoms with van der Waals surface area (Å²) in [5.74, 6) is 2.36. The maximum absolute atomic E-state index is 5.13. The van der Waals surface area contributed by atoms with Crippen LogP contribution in [0.2, 0.25) is 0 Å². The molecule has 0 bridgehead atoms. The van der Waals surface area contributed by atoms with Gasteiger partial charge in [0.2, 0.25) is 0 Å². The van der Waals surface area contributed by atoms with Gasteiger partial charge in [0, 0.05) is 11.3 Å². The van der Waals surface area contributed by atoms with Crippen LogP contribution in [0.25, 0.3) is 11.1 Å². The summed E-state index contributed by atoms with van der Waals surface area (Å²) in [6.07, 6.45) is 2.14. The van der Waals surface area contributed by atoms with E-state index in [1.165, 1.54) is 56.5 Å². The van der Waals surface area contributed by atoms with Gasteiger partial charge >= 0.3 is 0 Å². The largest absolute Gasteiger partial charge is 0.497 e. The zero-order valence-electron chi connectivity index (χ0n) is 29.7. The fourth-order valence-corrected chi connectivity index (χ4v) is 7.52. The number of methoxy groups -OCH3 is 2. The molecule has 0 radical (unpaired) electrons. The third-order valence-electron chi connectivity index (χ3n) is 10.2. The minimum Gasteiger partial charge on any atom is -0.497 e. The second-order valence-electron chi connectivity index (χ2n) is 14.2. The Labute approximate surface area is 293 Å². The summed E-state index contributed by atoms with van der Waals surface area (Å²) in [5.41, 5.74) is 13.2. The Morgan fingerprint density at radius 1 is 0.490 bits per heavy atom. The minimum absolute atomic E-state index is 0.160. The molecule has 0 heterocycles. The average Bonchev–Trinajstić information content (AvgIpc) is 3.56. The normalized spacial score (nSPS) is 15.7. The summed E-state index contributed by atoms with van der Waals surface area (Å²) in [7, 11) is 3.36. The monoisotopic (exact) mass is 644 g/mol. The smallest absolute Gasteiger partial charge is 0.118 e. The van der Waals surface area contributed by atoms with Crippen LogP contribution >= 0.6 is 0 Å². The molecule has 0 fully saturated rings. The number of rotatable bonds is 5. The third-order valence-corrected chi connectivity index (χ3v) is 10.2. The summed E-state index contributed by atoms with van der Waals surface area (Å²) in [5, 5.41) is 0. The van der Waals surface area contributed by atoms with Gasteiger partial charge in [-0.05, 0) is 92.6 Å². The van der Waals surface area contributed by atoms with Gasteiger partial charge < -0.3 is 9.47 Å². The summed E-state index contributed by atoms with van der Waals surface area (Å²) in [6.45, 7) is 9.32. The van der Waals surface area contributed by atoms with E-state index >= 15 is 0 Å². The second kappa shape index (κ2) is 14.6. The molecule has 1 atom stereocenters. The molecule has 0 saturated carbocycles. The van der Waals surface area contributed by atoms with Crippen molar-refractivity contribution in [2.45, 2.75) is 57.3 Å². The summed E-state index contributed by atoms with van der Waals surface area (Å²) >= 11 is 0. The standard InChI is InChI=1S/C17H18.C15H16O2.C15H14/c1-17(2)12-15(13-8-4-3-5-9-13)14-10-6-7-11-16(14)17;1-16-14-7-3-12(4-8-14)11-13-5-9-15(17-2)10-6-13;1-15(2)13-9-5-3-7-11(13)12-8-4-6-10-14(12)15/h3-11,15H,12H2,1-2H3;3-10H,11H2,1-2H3;3-10H,1-2H3. The van der Waals surface area contributed by atoms with Gasteiger partial charge in [0.25, 0.3) is 0 Å². The van der Waals surface area contributed by atoms with Crippen LogP contribution in [-0.2, 0) is 17.3 Å². The van der Waals surface area contributed by atoms with Crippen molar-refractivity contribution in [2.24, 2.45) is 0 Å². The van der Waals surface area contributed by atoms with Crippen LogP contribution in [0.15, 0.2) is 152 Å². The van der Waals surface area contributed by atoms with Crippen LogP contribution in [0.1, 0.15) is 79.0 Å². The maximum atomic E-state index is 5.13. The quantitative estimate of drug-likeness (QED) is 0.186. The van der Waals surface area contributed by atoms with Crippen molar-refractivity contribution in [3.05, 3.63) is 191 Å². The van der Waals surface area contributed by atoms with E-state index in [9.17, 15) is 0 Å². The summed E-state index contributed by atoms with van der Waals surface area (Å²) in [4.78, 5) is 0. The third kappa shape index (κ3) is 7.34. The Hall–Kier alpha value is -5.08. The van der Waals surface area contributed by atoms with Gasteiger partial charge in [-0.25, -0.2) is 0 Å². The first kappa shape index (κ1) is 33.8. The van der Waals surface area contributed by atoms with Crippen LogP contribution in [-0.4, -0.2) is 14.2 Å². The lowest BCUT2D eigenvalue weighted by Crippen LogP contribution is -2.14. The number of fused-ring (bicyclic) bond motifs is 4. The lowest BCUT2D eigenvalue weighted by Gasteiger charge is -2.20. The highest BCUT2D eigenvalue weighted by atomic mass is 16.5. The van der Waals surface area contributed by atoms with E-state index in [1.54, 1.807) is 14.2 Å². The minimum atomic E-state index is 0.160. The molecule has 0 N–H and O–H groups in total. The van der Waals surface area contributed by atoms with Crippen molar-refractivity contribution in [1.82, 2.24) is 0 Å². The van der Waals surface area contributed by atoms with Crippen molar-refractivity contribution in [1.29, 1.82) is 0 Å². The molecule has 0 aromatic heterocycles. The first-order chi connectivity index (χ1) is 23.7. The fourth-order valence-electron chi connectivity index (χ4n) is 7.52. The molecule has 2 heteroatoms. The van der Waals surface area contributed by atoms with Gasteiger partial charge in [-0.15, -0.1) is 0 Å². The number of hydrogen-bond donors (Lipinski definition) is 0. The molecule has 8 rings (SSSR count). The maximum Gasteiger partial charge on any atom is 0.118 e. The van der Waals surface area contributed by atoms with E-state index < -0.39 is 0 Å². The molecule has 0 aliphatic heterocycles. The van der Waals surface area contributed by atoms with E-state index in [1.807, 2.05) is 24.3 Å². The van der Waals surface area contributed by atoms with Gasteiger partial charge in [-0.1, -0.05) is 155 Å². The van der Waals surface area contributed by atoms with Crippen LogP contribution in [0.5, 0.6) is 11.5 Å². The number of benzene rings is 6. The molecule has 49 heavy (non-hydrogen) atoms. The molecule has 1 unspecified atom stereocenters. The Morgan fingerprint density at radius 3 is 1.41 bits per heavy atom. The summed E-state index contributed by atoms with van der Waals surface area (Å²) in [6, 6.07) is 53.5. The van der Waals surface area contributed by atoms with Crippen molar-refractivity contribution in [2.75, 3.05) is 14.2 Å². The zero-order chi connectivity index (χ0) is 34.4. The lowest BCUT2D eigenvalue weighted by atomic mass is 9.82. The first-order valence-corrected chi connectivity index (χ1v) is 17.3. The predicted octanol–water partition coefficient (Wildman–Crippen LogP) is 11.8. The molecular weight excluding hydrogens is 597 g/mol. The van der Waals surface area contributed by atoms with Gasteiger partial charge in [-0.3, -0.25) is 0 Å². The van der Waals surface area contributed by atoms with Gasteiger partial charge in [0.05, 0.1) is 14.2 Å². The fraction of sp³-hybridized carbons (Fsp3) is 0.234. The van der Waals surface area contributed by atoms with Gasteiger partial charge in [-0.2, -0.15) is 0 Å². The van der Waals surface area contributed by atoms with Crippen molar-refractivity contribution >= 4 is 0 Å². The molecule has 248 valence electrons. The van der Waals surface area contributed by atoms with Crippen LogP contribution in [0.3, 0.4) is 0 Å². The summed E-state index contributed by atoms with van der Waals surface area (Å²) < 4.78 is 10.3. The molecule has 6 aromatic rings. The van der Waals surface area contributed by atoms with E-state index in [0.717, 1.165) is 17.9 Å². The molecule has 2 aliphatic rings. The van der Waals surface area contributed by atoms with E-state index in [2.05, 4.69) is 155 Å². The molecule has 2 aliphatic carbocycles. The highest BCUT2D eigenvalue weighted by Crippen LogP contribution is 2.49. The van der Waals surface area contributed by atoms with E-state index in [-0.39, 0.29) is 5.41 Å².